The molecule has 0 radical (unpaired) electrons. The molecule has 2 aliphatic rings. The van der Waals surface area contributed by atoms with E-state index in [2.05, 4.69) is 9.62 Å². The average molecular weight is 392 g/mol. The van der Waals surface area contributed by atoms with Crippen LogP contribution in [0, 0.1) is 5.92 Å². The lowest BCUT2D eigenvalue weighted by molar-refractivity contribution is -0.132. The van der Waals surface area contributed by atoms with Crippen LogP contribution in [-0.2, 0) is 14.8 Å². The van der Waals surface area contributed by atoms with Gasteiger partial charge in [-0.3, -0.25) is 9.52 Å². The first kappa shape index (κ1) is 17.4. The number of hydrogen-bond donors (Lipinski definition) is 1. The Kier molecular flexibility index (Phi) is 4.62. The molecule has 1 amide bonds. The molecule has 0 bridgehead atoms. The van der Waals surface area contributed by atoms with Crippen LogP contribution in [0.15, 0.2) is 46.0 Å². The standard InChI is InChI=1S/C18H21N3O3S2/c22-18(14-3-4-14)21-11-9-20(10-12-21)16-7-5-15(6-8-16)19-26(23,24)17-2-1-13-25-17/h1-2,5-8,13-14,19H,3-4,9-12H2. The van der Waals surface area contributed by atoms with Crippen molar-refractivity contribution in [1.29, 1.82) is 0 Å². The Bertz CT molecular complexity index is 867. The van der Waals surface area contributed by atoms with Gasteiger partial charge in [0.05, 0.1) is 0 Å². The highest BCUT2D eigenvalue weighted by Crippen LogP contribution is 2.31. The number of piperazine rings is 1. The summed E-state index contributed by atoms with van der Waals surface area (Å²) in [5, 5.41) is 1.74. The Labute approximate surface area is 157 Å². The monoisotopic (exact) mass is 391 g/mol. The molecule has 2 heterocycles. The molecule has 1 N–H and O–H groups in total. The highest BCUT2D eigenvalue weighted by atomic mass is 32.2. The quantitative estimate of drug-likeness (QED) is 0.851. The maximum atomic E-state index is 12.3. The van der Waals surface area contributed by atoms with Crippen molar-refractivity contribution >= 4 is 38.6 Å². The minimum Gasteiger partial charge on any atom is -0.368 e. The van der Waals surface area contributed by atoms with E-state index in [0.29, 0.717) is 15.8 Å². The molecule has 1 saturated carbocycles. The fraction of sp³-hybridized carbons (Fsp3) is 0.389. The second kappa shape index (κ2) is 6.92. The van der Waals surface area contributed by atoms with Crippen LogP contribution in [0.5, 0.6) is 0 Å². The van der Waals surface area contributed by atoms with E-state index in [1.165, 1.54) is 11.3 Å². The summed E-state index contributed by atoms with van der Waals surface area (Å²) < 4.78 is 27.4. The van der Waals surface area contributed by atoms with Crippen LogP contribution in [0.3, 0.4) is 0 Å². The highest BCUT2D eigenvalue weighted by Gasteiger charge is 2.34. The molecular formula is C18H21N3O3S2. The molecule has 2 fully saturated rings. The lowest BCUT2D eigenvalue weighted by Gasteiger charge is -2.36. The van der Waals surface area contributed by atoms with E-state index in [-0.39, 0.29) is 5.92 Å². The summed E-state index contributed by atoms with van der Waals surface area (Å²) in [6.07, 6.45) is 2.09. The number of nitrogens with one attached hydrogen (secondary N) is 1. The molecule has 0 atom stereocenters. The van der Waals surface area contributed by atoms with Gasteiger partial charge < -0.3 is 9.80 Å². The van der Waals surface area contributed by atoms with Crippen LogP contribution < -0.4 is 9.62 Å². The van der Waals surface area contributed by atoms with Gasteiger partial charge in [0, 0.05) is 43.5 Å². The van der Waals surface area contributed by atoms with E-state index in [1.54, 1.807) is 29.6 Å². The Hall–Kier alpha value is -2.06. The number of nitrogens with zero attached hydrogens (tertiary/aromatic N) is 2. The minimum atomic E-state index is -3.52. The zero-order valence-corrected chi connectivity index (χ0v) is 15.9. The maximum Gasteiger partial charge on any atom is 0.271 e. The van der Waals surface area contributed by atoms with Gasteiger partial charge >= 0.3 is 0 Å². The topological polar surface area (TPSA) is 69.7 Å². The van der Waals surface area contributed by atoms with Crippen LogP contribution in [0.2, 0.25) is 0 Å². The van der Waals surface area contributed by atoms with E-state index in [9.17, 15) is 13.2 Å². The first-order valence-corrected chi connectivity index (χ1v) is 11.1. The predicted octanol–water partition coefficient (Wildman–Crippen LogP) is 2.61. The highest BCUT2D eigenvalue weighted by molar-refractivity contribution is 7.94. The van der Waals surface area contributed by atoms with Gasteiger partial charge in [0.2, 0.25) is 5.91 Å². The van der Waals surface area contributed by atoms with E-state index in [0.717, 1.165) is 44.7 Å². The molecule has 1 aromatic heterocycles. The molecule has 1 saturated heterocycles. The summed E-state index contributed by atoms with van der Waals surface area (Å²) in [4.78, 5) is 16.3. The molecule has 2 aromatic rings. The third-order valence-electron chi connectivity index (χ3n) is 4.76. The SMILES string of the molecule is O=C(C1CC1)N1CCN(c2ccc(NS(=O)(=O)c3cccs3)cc2)CC1. The number of hydrogen-bond acceptors (Lipinski definition) is 5. The Balaban J connectivity index is 1.37. The Morgan fingerprint density at radius 2 is 1.73 bits per heavy atom. The van der Waals surface area contributed by atoms with Crippen molar-refractivity contribution in [3.63, 3.8) is 0 Å². The van der Waals surface area contributed by atoms with Crippen molar-refractivity contribution in [2.75, 3.05) is 35.8 Å². The summed E-state index contributed by atoms with van der Waals surface area (Å²) in [6.45, 7) is 3.11. The van der Waals surface area contributed by atoms with Crippen LogP contribution in [0.1, 0.15) is 12.8 Å². The molecular weight excluding hydrogens is 370 g/mol. The third-order valence-corrected chi connectivity index (χ3v) is 7.54. The second-order valence-corrected chi connectivity index (χ2v) is 9.53. The molecule has 4 rings (SSSR count). The number of amides is 1. The van der Waals surface area contributed by atoms with Crippen molar-refractivity contribution in [2.24, 2.45) is 5.92 Å². The van der Waals surface area contributed by atoms with Gasteiger partial charge in [-0.2, -0.15) is 0 Å². The van der Waals surface area contributed by atoms with E-state index in [1.807, 2.05) is 17.0 Å². The molecule has 1 aliphatic heterocycles. The van der Waals surface area contributed by atoms with Gasteiger partial charge in [0.25, 0.3) is 10.0 Å². The first-order valence-electron chi connectivity index (χ1n) is 8.73. The number of carbonyl (C=O) groups is 1. The predicted molar refractivity (Wildman–Crippen MR) is 103 cm³/mol. The number of carbonyl (C=O) groups excluding carboxylic acids is 1. The van der Waals surface area contributed by atoms with Crippen LogP contribution in [-0.4, -0.2) is 45.4 Å². The summed E-state index contributed by atoms with van der Waals surface area (Å²) >= 11 is 1.19. The molecule has 0 unspecified atom stereocenters. The number of anilines is 2. The summed E-state index contributed by atoms with van der Waals surface area (Å²) in [6, 6.07) is 10.7. The summed E-state index contributed by atoms with van der Waals surface area (Å²) in [5.74, 6) is 0.584. The van der Waals surface area contributed by atoms with Crippen molar-refractivity contribution in [3.05, 3.63) is 41.8 Å². The number of rotatable bonds is 5. The summed E-state index contributed by atoms with van der Waals surface area (Å²) in [5.41, 5.74) is 1.59. The zero-order valence-electron chi connectivity index (χ0n) is 14.3. The minimum absolute atomic E-state index is 0.275. The van der Waals surface area contributed by atoms with Gasteiger partial charge in [-0.15, -0.1) is 11.3 Å². The van der Waals surface area contributed by atoms with Crippen LogP contribution >= 0.6 is 11.3 Å². The number of benzene rings is 1. The molecule has 1 aromatic carbocycles. The molecule has 0 spiro atoms. The van der Waals surface area contributed by atoms with Crippen molar-refractivity contribution in [1.82, 2.24) is 4.90 Å². The second-order valence-electron chi connectivity index (χ2n) is 6.67. The Morgan fingerprint density at radius 1 is 1.04 bits per heavy atom. The van der Waals surface area contributed by atoms with Crippen LogP contribution in [0.25, 0.3) is 0 Å². The van der Waals surface area contributed by atoms with Crippen molar-refractivity contribution in [3.8, 4) is 0 Å². The largest absolute Gasteiger partial charge is 0.368 e. The van der Waals surface area contributed by atoms with Crippen molar-refractivity contribution < 1.29 is 13.2 Å². The van der Waals surface area contributed by atoms with Crippen molar-refractivity contribution in [2.45, 2.75) is 17.1 Å². The molecule has 138 valence electrons. The molecule has 8 heteroatoms. The normalized spacial score (nSPS) is 18.0. The van der Waals surface area contributed by atoms with E-state index >= 15 is 0 Å². The van der Waals surface area contributed by atoms with E-state index in [4.69, 9.17) is 0 Å². The van der Waals surface area contributed by atoms with Crippen LogP contribution in [0.4, 0.5) is 11.4 Å². The van der Waals surface area contributed by atoms with Gasteiger partial charge in [0.15, 0.2) is 0 Å². The average Bonchev–Trinajstić information content (AvgIpc) is 3.34. The smallest absolute Gasteiger partial charge is 0.271 e. The van der Waals surface area contributed by atoms with E-state index < -0.39 is 10.0 Å². The van der Waals surface area contributed by atoms with Gasteiger partial charge in [-0.1, -0.05) is 6.07 Å². The zero-order chi connectivity index (χ0) is 18.1. The fourth-order valence-electron chi connectivity index (χ4n) is 3.14. The van der Waals surface area contributed by atoms with Gasteiger partial charge in [-0.05, 0) is 48.6 Å². The number of thiophene rings is 1. The van der Waals surface area contributed by atoms with Gasteiger partial charge in [-0.25, -0.2) is 8.42 Å². The fourth-order valence-corrected chi connectivity index (χ4v) is 5.19. The third kappa shape index (κ3) is 3.71. The Morgan fingerprint density at radius 3 is 2.31 bits per heavy atom. The lowest BCUT2D eigenvalue weighted by atomic mass is 10.2. The molecule has 1 aliphatic carbocycles. The molecule has 26 heavy (non-hydrogen) atoms. The summed E-state index contributed by atoms with van der Waals surface area (Å²) in [7, 11) is -3.52. The van der Waals surface area contributed by atoms with Gasteiger partial charge in [0.1, 0.15) is 4.21 Å². The molecule has 6 nitrogen and oxygen atoms in total. The first-order chi connectivity index (χ1) is 12.5. The number of sulfonamides is 1. The maximum absolute atomic E-state index is 12.3. The lowest BCUT2D eigenvalue weighted by Crippen LogP contribution is -2.49.